The van der Waals surface area contributed by atoms with Gasteiger partial charge in [0.15, 0.2) is 0 Å². The van der Waals surface area contributed by atoms with Gasteiger partial charge in [0.1, 0.15) is 5.02 Å². The van der Waals surface area contributed by atoms with E-state index >= 15 is 0 Å². The summed E-state index contributed by atoms with van der Waals surface area (Å²) in [5.41, 5.74) is 0.359. The topological polar surface area (TPSA) is 56.1 Å². The normalized spacial score (nSPS) is 22.9. The second kappa shape index (κ2) is 5.28. The summed E-state index contributed by atoms with van der Waals surface area (Å²) in [6, 6.07) is 0.314. The first kappa shape index (κ1) is 13.4. The van der Waals surface area contributed by atoms with E-state index in [4.69, 9.17) is 16.3 Å². The van der Waals surface area contributed by atoms with E-state index in [1.54, 1.807) is 13.3 Å². The molecule has 0 aliphatic heterocycles. The van der Waals surface area contributed by atoms with Gasteiger partial charge < -0.3 is 10.1 Å². The van der Waals surface area contributed by atoms with Gasteiger partial charge in [-0.25, -0.2) is 4.68 Å². The summed E-state index contributed by atoms with van der Waals surface area (Å²) >= 11 is 6.07. The molecule has 1 fully saturated rings. The van der Waals surface area contributed by atoms with Crippen LogP contribution in [0.5, 0.6) is 0 Å². The summed E-state index contributed by atoms with van der Waals surface area (Å²) in [6.45, 7) is 3.79. The molecular weight excluding hydrogens is 254 g/mol. The first-order chi connectivity index (χ1) is 8.52. The molecule has 1 N–H and O–H groups in total. The summed E-state index contributed by atoms with van der Waals surface area (Å²) in [6.07, 6.45) is 3.79. The summed E-state index contributed by atoms with van der Waals surface area (Å²) in [5.74, 6) is 0. The molecule has 0 bridgehead atoms. The van der Waals surface area contributed by atoms with E-state index in [1.165, 1.54) is 4.68 Å². The maximum atomic E-state index is 11.9. The van der Waals surface area contributed by atoms with Crippen LogP contribution in [0.25, 0.3) is 0 Å². The number of rotatable bonds is 4. The molecular formula is C12H18ClN3O2. The van der Waals surface area contributed by atoms with Crippen molar-refractivity contribution >= 4 is 17.3 Å². The third kappa shape index (κ3) is 2.52. The third-order valence-electron chi connectivity index (χ3n) is 3.22. The van der Waals surface area contributed by atoms with Crippen molar-refractivity contribution in [1.82, 2.24) is 9.78 Å². The van der Waals surface area contributed by atoms with E-state index in [-0.39, 0.29) is 16.6 Å². The number of anilines is 1. The summed E-state index contributed by atoms with van der Waals surface area (Å²) in [4.78, 5) is 11.9. The van der Waals surface area contributed by atoms with Crippen LogP contribution in [0.2, 0.25) is 5.02 Å². The van der Waals surface area contributed by atoms with E-state index in [2.05, 4.69) is 10.4 Å². The Bertz CT molecular complexity index is 481. The van der Waals surface area contributed by atoms with Crippen LogP contribution in [0.15, 0.2) is 11.0 Å². The standard InChI is InChI=1S/C12H18ClN3O2/c1-7(2)16-12(17)11(13)10(6-14-16)15-8-4-9(5-8)18-3/h6-9,15H,4-5H2,1-3H3. The molecule has 0 saturated heterocycles. The minimum Gasteiger partial charge on any atom is -0.381 e. The van der Waals surface area contributed by atoms with Gasteiger partial charge in [-0.2, -0.15) is 5.10 Å². The predicted octanol–water partition coefficient (Wildman–Crippen LogP) is 2.07. The number of hydrogen-bond donors (Lipinski definition) is 1. The maximum Gasteiger partial charge on any atom is 0.287 e. The zero-order valence-corrected chi connectivity index (χ0v) is 11.6. The molecule has 5 nitrogen and oxygen atoms in total. The van der Waals surface area contributed by atoms with Crippen molar-refractivity contribution < 1.29 is 4.74 Å². The van der Waals surface area contributed by atoms with E-state index in [9.17, 15) is 4.79 Å². The number of nitrogens with one attached hydrogen (secondary N) is 1. The Morgan fingerprint density at radius 1 is 1.56 bits per heavy atom. The molecule has 1 aliphatic carbocycles. The lowest BCUT2D eigenvalue weighted by Crippen LogP contribution is -2.40. The molecule has 0 atom stereocenters. The van der Waals surface area contributed by atoms with Crippen molar-refractivity contribution in [3.63, 3.8) is 0 Å². The first-order valence-electron chi connectivity index (χ1n) is 6.09. The minimum atomic E-state index is -0.251. The Kier molecular flexibility index (Phi) is 3.92. The average Bonchev–Trinajstić information content (AvgIpc) is 2.27. The second-order valence-electron chi connectivity index (χ2n) is 4.89. The minimum absolute atomic E-state index is 0.00521. The predicted molar refractivity (Wildman–Crippen MR) is 71.3 cm³/mol. The number of ether oxygens (including phenoxy) is 1. The SMILES string of the molecule is COC1CC(Nc2cnn(C(C)C)c(=O)c2Cl)C1. The summed E-state index contributed by atoms with van der Waals surface area (Å²) in [5, 5.41) is 7.55. The lowest BCUT2D eigenvalue weighted by atomic mass is 9.89. The molecule has 1 aliphatic rings. The van der Waals surface area contributed by atoms with Crippen molar-refractivity contribution in [2.45, 2.75) is 44.9 Å². The Labute approximate surface area is 111 Å². The average molecular weight is 272 g/mol. The molecule has 1 heterocycles. The van der Waals surface area contributed by atoms with Crippen molar-refractivity contribution in [3.05, 3.63) is 21.6 Å². The third-order valence-corrected chi connectivity index (χ3v) is 3.59. The highest BCUT2D eigenvalue weighted by Gasteiger charge is 2.29. The van der Waals surface area contributed by atoms with Crippen molar-refractivity contribution in [1.29, 1.82) is 0 Å². The molecule has 6 heteroatoms. The van der Waals surface area contributed by atoms with Gasteiger partial charge in [-0.3, -0.25) is 4.79 Å². The number of nitrogens with zero attached hydrogens (tertiary/aromatic N) is 2. The highest BCUT2D eigenvalue weighted by atomic mass is 35.5. The van der Waals surface area contributed by atoms with Gasteiger partial charge in [-0.1, -0.05) is 11.6 Å². The number of hydrogen-bond acceptors (Lipinski definition) is 4. The molecule has 0 unspecified atom stereocenters. The van der Waals surface area contributed by atoms with Crippen LogP contribution in [-0.4, -0.2) is 29.0 Å². The van der Waals surface area contributed by atoms with E-state index in [0.29, 0.717) is 17.8 Å². The molecule has 0 radical (unpaired) electrons. The zero-order valence-electron chi connectivity index (χ0n) is 10.8. The Balaban J connectivity index is 2.11. The van der Waals surface area contributed by atoms with Gasteiger partial charge in [-0.05, 0) is 26.7 Å². The number of halogens is 1. The number of aromatic nitrogens is 2. The van der Waals surface area contributed by atoms with Crippen molar-refractivity contribution in [2.75, 3.05) is 12.4 Å². The summed E-state index contributed by atoms with van der Waals surface area (Å²) in [7, 11) is 1.71. The van der Waals surface area contributed by atoms with Crippen LogP contribution in [0, 0.1) is 0 Å². The van der Waals surface area contributed by atoms with Crippen molar-refractivity contribution in [2.24, 2.45) is 0 Å². The van der Waals surface area contributed by atoms with Crippen LogP contribution in [-0.2, 0) is 4.74 Å². The van der Waals surface area contributed by atoms with Crippen LogP contribution in [0.3, 0.4) is 0 Å². The van der Waals surface area contributed by atoms with Gasteiger partial charge in [0.25, 0.3) is 5.56 Å². The largest absolute Gasteiger partial charge is 0.381 e. The second-order valence-corrected chi connectivity index (χ2v) is 5.26. The lowest BCUT2D eigenvalue weighted by Gasteiger charge is -2.35. The smallest absolute Gasteiger partial charge is 0.287 e. The lowest BCUT2D eigenvalue weighted by molar-refractivity contribution is 0.0328. The van der Waals surface area contributed by atoms with Gasteiger partial charge in [0.2, 0.25) is 0 Å². The Hall–Kier alpha value is -1.07. The molecule has 0 spiro atoms. The van der Waals surface area contributed by atoms with E-state index in [1.807, 2.05) is 13.8 Å². The van der Waals surface area contributed by atoms with Crippen LogP contribution in [0.4, 0.5) is 5.69 Å². The molecule has 18 heavy (non-hydrogen) atoms. The quantitative estimate of drug-likeness (QED) is 0.911. The Morgan fingerprint density at radius 3 is 2.78 bits per heavy atom. The monoisotopic (exact) mass is 271 g/mol. The Morgan fingerprint density at radius 2 is 2.22 bits per heavy atom. The van der Waals surface area contributed by atoms with Gasteiger partial charge in [0.05, 0.1) is 24.0 Å². The first-order valence-corrected chi connectivity index (χ1v) is 6.47. The fourth-order valence-corrected chi connectivity index (χ4v) is 2.20. The maximum absolute atomic E-state index is 11.9. The van der Waals surface area contributed by atoms with Crippen molar-refractivity contribution in [3.8, 4) is 0 Å². The van der Waals surface area contributed by atoms with Gasteiger partial charge >= 0.3 is 0 Å². The molecule has 1 saturated carbocycles. The molecule has 1 aromatic rings. The fraction of sp³-hybridized carbons (Fsp3) is 0.667. The van der Waals surface area contributed by atoms with Crippen LogP contribution >= 0.6 is 11.6 Å². The number of methoxy groups -OCH3 is 1. The molecule has 0 aromatic carbocycles. The van der Waals surface area contributed by atoms with Gasteiger partial charge in [0, 0.05) is 13.2 Å². The van der Waals surface area contributed by atoms with Gasteiger partial charge in [-0.15, -0.1) is 0 Å². The van der Waals surface area contributed by atoms with Crippen LogP contribution < -0.4 is 10.9 Å². The summed E-state index contributed by atoms with van der Waals surface area (Å²) < 4.78 is 6.59. The van der Waals surface area contributed by atoms with E-state index in [0.717, 1.165) is 12.8 Å². The fourth-order valence-electron chi connectivity index (χ4n) is 2.01. The molecule has 0 amide bonds. The molecule has 100 valence electrons. The molecule has 2 rings (SSSR count). The van der Waals surface area contributed by atoms with Crippen LogP contribution in [0.1, 0.15) is 32.7 Å². The van der Waals surface area contributed by atoms with E-state index < -0.39 is 0 Å². The zero-order chi connectivity index (χ0) is 13.3. The highest BCUT2D eigenvalue weighted by molar-refractivity contribution is 6.32. The highest BCUT2D eigenvalue weighted by Crippen LogP contribution is 2.28. The molecule has 1 aromatic heterocycles.